The van der Waals surface area contributed by atoms with Crippen molar-refractivity contribution in [1.29, 1.82) is 0 Å². The van der Waals surface area contributed by atoms with Gasteiger partial charge in [0.15, 0.2) is 0 Å². The Morgan fingerprint density at radius 2 is 1.39 bits per heavy atom. The molecule has 0 aliphatic heterocycles. The van der Waals surface area contributed by atoms with Gasteiger partial charge >= 0.3 is 6.09 Å². The Morgan fingerprint density at radius 1 is 0.780 bits per heavy atom. The molecule has 0 aliphatic rings. The number of amides is 2. The van der Waals surface area contributed by atoms with Gasteiger partial charge in [0.2, 0.25) is 0 Å². The number of para-hydroxylation sites is 1. The molecule has 0 spiro atoms. The highest BCUT2D eigenvalue weighted by Crippen LogP contribution is 2.18. The lowest BCUT2D eigenvalue weighted by atomic mass is 9.91. The summed E-state index contributed by atoms with van der Waals surface area (Å²) in [7, 11) is 0. The van der Waals surface area contributed by atoms with Crippen LogP contribution in [-0.2, 0) is 24.2 Å². The van der Waals surface area contributed by atoms with Crippen molar-refractivity contribution in [3.63, 3.8) is 0 Å². The quantitative estimate of drug-likeness (QED) is 0.180. The number of nitrogens with zero attached hydrogens (tertiary/aromatic N) is 1. The summed E-state index contributed by atoms with van der Waals surface area (Å²) in [5.74, 6) is -0.547. The van der Waals surface area contributed by atoms with Crippen molar-refractivity contribution < 1.29 is 24.5 Å². The molecule has 9 heteroatoms. The van der Waals surface area contributed by atoms with E-state index in [4.69, 9.17) is 10.5 Å². The summed E-state index contributed by atoms with van der Waals surface area (Å²) in [4.78, 5) is 30.1. The van der Waals surface area contributed by atoms with Gasteiger partial charge in [-0.15, -0.1) is 0 Å². The molecule has 4 unspecified atom stereocenters. The van der Waals surface area contributed by atoms with Crippen molar-refractivity contribution in [2.45, 2.75) is 43.7 Å². The number of aliphatic hydroxyl groups is 2. The predicted molar refractivity (Wildman–Crippen MR) is 156 cm³/mol. The van der Waals surface area contributed by atoms with Crippen molar-refractivity contribution in [3.8, 4) is 0 Å². The molecule has 0 bridgehead atoms. The molecular weight excluding hydrogens is 520 g/mol. The molecule has 0 saturated heterocycles. The number of anilines is 1. The lowest BCUT2D eigenvalue weighted by Gasteiger charge is -2.31. The molecule has 6 N–H and O–H groups in total. The van der Waals surface area contributed by atoms with Crippen LogP contribution in [-0.4, -0.2) is 51.5 Å². The highest BCUT2D eigenvalue weighted by Gasteiger charge is 2.32. The Bertz CT molecular complexity index is 1390. The van der Waals surface area contributed by atoms with Crippen LogP contribution in [0.3, 0.4) is 0 Å². The molecule has 0 radical (unpaired) electrons. The Kier molecular flexibility index (Phi) is 10.6. The third-order valence-corrected chi connectivity index (χ3v) is 6.62. The second kappa shape index (κ2) is 14.7. The maximum Gasteiger partial charge on any atom is 0.412 e. The zero-order chi connectivity index (χ0) is 29.0. The summed E-state index contributed by atoms with van der Waals surface area (Å²) in [6.07, 6.45) is -1.26. The molecule has 4 aromatic rings. The summed E-state index contributed by atoms with van der Waals surface area (Å²) < 4.78 is 5.24. The fourth-order valence-electron chi connectivity index (χ4n) is 4.43. The van der Waals surface area contributed by atoms with E-state index in [0.29, 0.717) is 12.1 Å². The molecule has 0 aliphatic carbocycles. The number of pyridine rings is 1. The minimum absolute atomic E-state index is 0.0342. The fraction of sp³-hybridized carbons (Fsp3) is 0.219. The van der Waals surface area contributed by atoms with Gasteiger partial charge in [0.05, 0.1) is 29.1 Å². The summed E-state index contributed by atoms with van der Waals surface area (Å²) in [6, 6.07) is 28.8. The highest BCUT2D eigenvalue weighted by molar-refractivity contribution is 6.02. The van der Waals surface area contributed by atoms with Crippen LogP contribution in [0.25, 0.3) is 0 Å². The van der Waals surface area contributed by atoms with Crippen molar-refractivity contribution in [1.82, 2.24) is 10.3 Å². The summed E-state index contributed by atoms with van der Waals surface area (Å²) in [5.41, 5.74) is 9.03. The van der Waals surface area contributed by atoms with Crippen LogP contribution in [0.5, 0.6) is 0 Å². The minimum atomic E-state index is -1.37. The molecule has 3 aromatic carbocycles. The van der Waals surface area contributed by atoms with E-state index < -0.39 is 36.3 Å². The zero-order valence-electron chi connectivity index (χ0n) is 22.5. The number of aliphatic hydroxyl groups excluding tert-OH is 2. The van der Waals surface area contributed by atoms with Crippen molar-refractivity contribution in [2.24, 2.45) is 5.73 Å². The minimum Gasteiger partial charge on any atom is -0.443 e. The topological polar surface area (TPSA) is 147 Å². The molecule has 0 fully saturated rings. The number of carbonyl (C=O) groups excluding carboxylic acids is 2. The van der Waals surface area contributed by atoms with Gasteiger partial charge in [0.1, 0.15) is 12.7 Å². The first-order valence-electron chi connectivity index (χ1n) is 13.3. The average Bonchev–Trinajstić information content (AvgIpc) is 3.00. The SMILES string of the molecule is NC(Cc1ccccc1)C(O)C(O)C(Cc1ccccc1)NC(=O)c1ccccc1NC(=O)OCc1ccccn1. The van der Waals surface area contributed by atoms with Crippen LogP contribution >= 0.6 is 0 Å². The largest absolute Gasteiger partial charge is 0.443 e. The smallest absolute Gasteiger partial charge is 0.412 e. The van der Waals surface area contributed by atoms with E-state index in [-0.39, 0.29) is 24.3 Å². The van der Waals surface area contributed by atoms with Crippen LogP contribution in [0.1, 0.15) is 27.2 Å². The molecule has 1 heterocycles. The van der Waals surface area contributed by atoms with Crippen LogP contribution in [0.4, 0.5) is 10.5 Å². The van der Waals surface area contributed by atoms with E-state index in [1.807, 2.05) is 60.7 Å². The molecule has 9 nitrogen and oxygen atoms in total. The number of aromatic nitrogens is 1. The summed E-state index contributed by atoms with van der Waals surface area (Å²) >= 11 is 0. The summed E-state index contributed by atoms with van der Waals surface area (Å²) in [6.45, 7) is -0.0342. The molecule has 0 saturated carbocycles. The molecule has 4 rings (SSSR count). The van der Waals surface area contributed by atoms with Crippen LogP contribution < -0.4 is 16.4 Å². The molecule has 1 aromatic heterocycles. The molecule has 4 atom stereocenters. The second-order valence-electron chi connectivity index (χ2n) is 9.67. The van der Waals surface area contributed by atoms with Crippen molar-refractivity contribution in [2.75, 3.05) is 5.32 Å². The van der Waals surface area contributed by atoms with E-state index in [1.54, 1.807) is 48.7 Å². The van der Waals surface area contributed by atoms with Gasteiger partial charge < -0.3 is 26.0 Å². The number of benzene rings is 3. The highest BCUT2D eigenvalue weighted by atomic mass is 16.5. The third kappa shape index (κ3) is 8.71. The number of carbonyl (C=O) groups is 2. The van der Waals surface area contributed by atoms with Gasteiger partial charge in [-0.2, -0.15) is 0 Å². The number of rotatable bonds is 12. The number of nitrogens with two attached hydrogens (primary N) is 1. The molecular formula is C32H34N4O5. The normalized spacial score (nSPS) is 13.8. The molecule has 212 valence electrons. The van der Waals surface area contributed by atoms with E-state index in [1.165, 1.54) is 0 Å². The van der Waals surface area contributed by atoms with Crippen molar-refractivity contribution in [3.05, 3.63) is 132 Å². The monoisotopic (exact) mass is 554 g/mol. The third-order valence-electron chi connectivity index (χ3n) is 6.62. The Hall–Kier alpha value is -4.57. The van der Waals surface area contributed by atoms with Gasteiger partial charge in [-0.25, -0.2) is 4.79 Å². The van der Waals surface area contributed by atoms with Crippen molar-refractivity contribution >= 4 is 17.7 Å². The maximum absolute atomic E-state index is 13.5. The number of ether oxygens (including phenoxy) is 1. The molecule has 2 amide bonds. The Balaban J connectivity index is 1.47. The average molecular weight is 555 g/mol. The van der Waals surface area contributed by atoms with Gasteiger partial charge in [0.25, 0.3) is 5.91 Å². The number of hydrogen-bond donors (Lipinski definition) is 5. The molecule has 41 heavy (non-hydrogen) atoms. The van der Waals surface area contributed by atoms with Crippen LogP contribution in [0.2, 0.25) is 0 Å². The lowest BCUT2D eigenvalue weighted by molar-refractivity contribution is -0.0161. The van der Waals surface area contributed by atoms with Gasteiger partial charge in [-0.3, -0.25) is 15.1 Å². The van der Waals surface area contributed by atoms with E-state index >= 15 is 0 Å². The first-order valence-corrected chi connectivity index (χ1v) is 13.3. The van der Waals surface area contributed by atoms with E-state index in [2.05, 4.69) is 15.6 Å². The van der Waals surface area contributed by atoms with Crippen LogP contribution in [0.15, 0.2) is 109 Å². The fourth-order valence-corrected chi connectivity index (χ4v) is 4.43. The standard InChI is InChI=1S/C32H34N4O5/c33-26(19-22-11-3-1-4-12-22)29(37)30(38)28(20-23-13-5-2-6-14-23)35-31(39)25-16-7-8-17-27(25)36-32(40)41-21-24-15-9-10-18-34-24/h1-18,26,28-30,37-38H,19-21,33H2,(H,35,39)(H,36,40). The first kappa shape index (κ1) is 29.4. The first-order chi connectivity index (χ1) is 19.9. The Labute approximate surface area is 239 Å². The second-order valence-corrected chi connectivity index (χ2v) is 9.67. The number of nitrogens with one attached hydrogen (secondary N) is 2. The summed E-state index contributed by atoms with van der Waals surface area (Å²) in [5, 5.41) is 27.7. The number of hydrogen-bond acceptors (Lipinski definition) is 7. The van der Waals surface area contributed by atoms with Crippen LogP contribution in [0, 0.1) is 0 Å². The predicted octanol–water partition coefficient (Wildman–Crippen LogP) is 3.46. The van der Waals surface area contributed by atoms with E-state index in [9.17, 15) is 19.8 Å². The van der Waals surface area contributed by atoms with Gasteiger partial charge in [-0.05, 0) is 48.2 Å². The Morgan fingerprint density at radius 3 is 2.05 bits per heavy atom. The zero-order valence-corrected chi connectivity index (χ0v) is 22.5. The van der Waals surface area contributed by atoms with E-state index in [0.717, 1.165) is 11.1 Å². The van der Waals surface area contributed by atoms with Gasteiger partial charge in [-0.1, -0.05) is 78.9 Å². The lowest BCUT2D eigenvalue weighted by Crippen LogP contribution is -2.55. The van der Waals surface area contributed by atoms with Gasteiger partial charge in [0, 0.05) is 12.2 Å². The maximum atomic E-state index is 13.5.